The third-order valence-corrected chi connectivity index (χ3v) is 1.82. The Morgan fingerprint density at radius 3 is 2.57 bits per heavy atom. The first-order valence-corrected chi connectivity index (χ1v) is 4.36. The van der Waals surface area contributed by atoms with Gasteiger partial charge in [0.15, 0.2) is 11.6 Å². The lowest BCUT2D eigenvalue weighted by atomic mass is 10.2. The van der Waals surface area contributed by atoms with Crippen LogP contribution in [0.15, 0.2) is 12.1 Å². The molecule has 0 aliphatic heterocycles. The maximum atomic E-state index is 12.7. The molecular weight excluding hydrogens is 208 g/mol. The third-order valence-electron chi connectivity index (χ3n) is 1.50. The monoisotopic (exact) mass is 215 g/mol. The summed E-state index contributed by atoms with van der Waals surface area (Å²) in [6, 6.07) is 1.88. The van der Waals surface area contributed by atoms with E-state index in [1.807, 2.05) is 0 Å². The van der Waals surface area contributed by atoms with E-state index in [1.54, 1.807) is 0 Å². The van der Waals surface area contributed by atoms with Gasteiger partial charge in [0.1, 0.15) is 0 Å². The fourth-order valence-corrected chi connectivity index (χ4v) is 1.05. The van der Waals surface area contributed by atoms with Gasteiger partial charge in [0.05, 0.1) is 5.02 Å². The zero-order valence-corrected chi connectivity index (χ0v) is 8.04. The Morgan fingerprint density at radius 1 is 1.29 bits per heavy atom. The fourth-order valence-electron chi connectivity index (χ4n) is 0.848. The Balaban J connectivity index is 3.00. The number of benzene rings is 1. The molecule has 0 saturated carbocycles. The van der Waals surface area contributed by atoms with Crippen LogP contribution in [0.2, 0.25) is 5.02 Å². The first-order chi connectivity index (χ1) is 6.65. The van der Waals surface area contributed by atoms with Gasteiger partial charge in [-0.3, -0.25) is 0 Å². The maximum Gasteiger partial charge on any atom is 0.160 e. The van der Waals surface area contributed by atoms with E-state index in [4.69, 9.17) is 17.3 Å². The van der Waals surface area contributed by atoms with Gasteiger partial charge < -0.3 is 5.73 Å². The van der Waals surface area contributed by atoms with Gasteiger partial charge in [-0.1, -0.05) is 23.4 Å². The van der Waals surface area contributed by atoms with Crippen molar-refractivity contribution in [3.05, 3.63) is 34.4 Å². The van der Waals surface area contributed by atoms with Crippen LogP contribution in [-0.2, 0) is 0 Å². The summed E-state index contributed by atoms with van der Waals surface area (Å²) in [5.74, 6) is 3.38. The molecule has 0 spiro atoms. The van der Waals surface area contributed by atoms with Crippen LogP contribution in [0, 0.1) is 23.5 Å². The van der Waals surface area contributed by atoms with E-state index in [2.05, 4.69) is 11.8 Å². The van der Waals surface area contributed by atoms with E-state index in [9.17, 15) is 8.78 Å². The molecule has 14 heavy (non-hydrogen) atoms. The maximum absolute atomic E-state index is 12.7. The summed E-state index contributed by atoms with van der Waals surface area (Å²) in [4.78, 5) is 0. The van der Waals surface area contributed by atoms with Crippen molar-refractivity contribution in [3.63, 3.8) is 0 Å². The fraction of sp³-hybridized carbons (Fsp3) is 0.200. The first-order valence-electron chi connectivity index (χ1n) is 3.98. The second-order valence-corrected chi connectivity index (χ2v) is 2.99. The highest BCUT2D eigenvalue weighted by Gasteiger charge is 2.05. The quantitative estimate of drug-likeness (QED) is 0.565. The van der Waals surface area contributed by atoms with Crippen molar-refractivity contribution < 1.29 is 8.78 Å². The zero-order chi connectivity index (χ0) is 10.6. The number of rotatable bonds is 1. The molecule has 0 radical (unpaired) electrons. The van der Waals surface area contributed by atoms with Gasteiger partial charge in [-0.15, -0.1) is 0 Å². The Labute approximate surface area is 85.9 Å². The smallest absolute Gasteiger partial charge is 0.160 e. The Morgan fingerprint density at radius 2 is 1.93 bits per heavy atom. The van der Waals surface area contributed by atoms with Crippen LogP contribution in [0.25, 0.3) is 0 Å². The summed E-state index contributed by atoms with van der Waals surface area (Å²) in [6.45, 7) is 0.425. The number of halogens is 3. The van der Waals surface area contributed by atoms with Crippen LogP contribution < -0.4 is 5.73 Å². The lowest BCUT2D eigenvalue weighted by Gasteiger charge is -1.97. The van der Waals surface area contributed by atoms with Crippen molar-refractivity contribution in [1.29, 1.82) is 0 Å². The highest BCUT2D eigenvalue weighted by atomic mass is 35.5. The topological polar surface area (TPSA) is 26.0 Å². The molecule has 1 aromatic rings. The third kappa shape index (κ3) is 2.69. The molecule has 0 aromatic heterocycles. The second kappa shape index (κ2) is 4.94. The minimum absolute atomic E-state index is 0.105. The number of nitrogens with two attached hydrogens (primary N) is 1. The highest BCUT2D eigenvalue weighted by molar-refractivity contribution is 6.31. The average molecular weight is 216 g/mol. The van der Waals surface area contributed by atoms with Crippen LogP contribution in [0.3, 0.4) is 0 Å². The van der Waals surface area contributed by atoms with Gasteiger partial charge >= 0.3 is 0 Å². The van der Waals surface area contributed by atoms with E-state index in [0.717, 1.165) is 12.1 Å². The molecule has 0 bridgehead atoms. The minimum atomic E-state index is -0.973. The number of hydrogen-bond donors (Lipinski definition) is 1. The van der Waals surface area contributed by atoms with E-state index in [0.29, 0.717) is 13.0 Å². The van der Waals surface area contributed by atoms with Gasteiger partial charge in [-0.05, 0) is 12.1 Å². The average Bonchev–Trinajstić information content (AvgIpc) is 2.14. The van der Waals surface area contributed by atoms with Crippen molar-refractivity contribution in [3.8, 4) is 11.8 Å². The SMILES string of the molecule is NCCC#Cc1cc(F)c(F)cc1Cl. The van der Waals surface area contributed by atoms with Crippen LogP contribution in [-0.4, -0.2) is 6.54 Å². The normalized spacial score (nSPS) is 9.43. The molecule has 0 unspecified atom stereocenters. The molecule has 4 heteroatoms. The van der Waals surface area contributed by atoms with Crippen LogP contribution >= 0.6 is 11.6 Å². The van der Waals surface area contributed by atoms with Crippen LogP contribution in [0.1, 0.15) is 12.0 Å². The Kier molecular flexibility index (Phi) is 3.87. The molecule has 0 saturated heterocycles. The van der Waals surface area contributed by atoms with Crippen molar-refractivity contribution in [2.45, 2.75) is 6.42 Å². The zero-order valence-electron chi connectivity index (χ0n) is 7.28. The largest absolute Gasteiger partial charge is 0.330 e. The molecule has 0 fully saturated rings. The van der Waals surface area contributed by atoms with Gasteiger partial charge in [0.25, 0.3) is 0 Å². The van der Waals surface area contributed by atoms with Crippen molar-refractivity contribution in [2.24, 2.45) is 5.73 Å². The lowest BCUT2D eigenvalue weighted by molar-refractivity contribution is 0.508. The lowest BCUT2D eigenvalue weighted by Crippen LogP contribution is -1.95. The van der Waals surface area contributed by atoms with E-state index >= 15 is 0 Å². The molecule has 1 nitrogen and oxygen atoms in total. The molecule has 0 atom stereocenters. The summed E-state index contributed by atoms with van der Waals surface area (Å²) in [6.07, 6.45) is 0.495. The second-order valence-electron chi connectivity index (χ2n) is 2.59. The first kappa shape index (κ1) is 11.0. The Hall–Kier alpha value is -1.11. The van der Waals surface area contributed by atoms with Crippen molar-refractivity contribution in [1.82, 2.24) is 0 Å². The number of hydrogen-bond acceptors (Lipinski definition) is 1. The van der Waals surface area contributed by atoms with Gasteiger partial charge in [-0.25, -0.2) is 8.78 Å². The van der Waals surface area contributed by atoms with E-state index < -0.39 is 11.6 Å². The van der Waals surface area contributed by atoms with Gasteiger partial charge in [0.2, 0.25) is 0 Å². The molecule has 0 aliphatic rings. The summed E-state index contributed by atoms with van der Waals surface area (Å²) in [5, 5.41) is 0.105. The molecule has 2 N–H and O–H groups in total. The van der Waals surface area contributed by atoms with E-state index in [-0.39, 0.29) is 10.6 Å². The Bertz CT molecular complexity index is 393. The molecular formula is C10H8ClF2N. The molecule has 1 rings (SSSR count). The van der Waals surface area contributed by atoms with Crippen molar-refractivity contribution >= 4 is 11.6 Å². The predicted molar refractivity (Wildman–Crippen MR) is 51.9 cm³/mol. The summed E-state index contributed by atoms with van der Waals surface area (Å²) >= 11 is 5.64. The predicted octanol–water partition coefficient (Wildman–Crippen LogP) is 2.32. The molecule has 0 aliphatic carbocycles. The standard InChI is InChI=1S/C10H8ClF2N/c11-8-6-10(13)9(12)5-7(8)3-1-2-4-14/h5-6H,2,4,14H2. The molecule has 74 valence electrons. The molecule has 0 heterocycles. The van der Waals surface area contributed by atoms with Crippen LogP contribution in [0.4, 0.5) is 8.78 Å². The molecule has 1 aromatic carbocycles. The van der Waals surface area contributed by atoms with E-state index in [1.165, 1.54) is 0 Å². The summed E-state index contributed by atoms with van der Waals surface area (Å²) in [5.41, 5.74) is 5.49. The van der Waals surface area contributed by atoms with Gasteiger partial charge in [-0.2, -0.15) is 0 Å². The minimum Gasteiger partial charge on any atom is -0.330 e. The summed E-state index contributed by atoms with van der Waals surface area (Å²) in [7, 11) is 0. The molecule has 0 amide bonds. The van der Waals surface area contributed by atoms with Crippen LogP contribution in [0.5, 0.6) is 0 Å². The van der Waals surface area contributed by atoms with Crippen molar-refractivity contribution in [2.75, 3.05) is 6.54 Å². The summed E-state index contributed by atoms with van der Waals surface area (Å²) < 4.78 is 25.4. The van der Waals surface area contributed by atoms with Gasteiger partial charge in [0, 0.05) is 18.5 Å². The highest BCUT2D eigenvalue weighted by Crippen LogP contribution is 2.18.